The summed E-state index contributed by atoms with van der Waals surface area (Å²) in [7, 11) is 1.66. The summed E-state index contributed by atoms with van der Waals surface area (Å²) < 4.78 is 0. The second kappa shape index (κ2) is 6.01. The Labute approximate surface area is 122 Å². The van der Waals surface area contributed by atoms with Crippen molar-refractivity contribution in [3.05, 3.63) is 57.3 Å². The van der Waals surface area contributed by atoms with Crippen LogP contribution in [0.25, 0.3) is 0 Å². The summed E-state index contributed by atoms with van der Waals surface area (Å²) in [5.74, 6) is -0.927. The summed E-state index contributed by atoms with van der Waals surface area (Å²) in [5, 5.41) is 1.99. The van der Waals surface area contributed by atoms with Gasteiger partial charge in [0.05, 0.1) is 6.54 Å². The van der Waals surface area contributed by atoms with E-state index in [9.17, 15) is 9.59 Å². The first-order chi connectivity index (χ1) is 9.49. The minimum absolute atomic E-state index is 0.440. The SMILES string of the molecule is Cc1ccc(C(=O)C(=O)N(C)Cc2sccc2C)cc1. The predicted octanol–water partition coefficient (Wildman–Crippen LogP) is 3.21. The largest absolute Gasteiger partial charge is 0.334 e. The molecule has 20 heavy (non-hydrogen) atoms. The van der Waals surface area contributed by atoms with Gasteiger partial charge in [-0.1, -0.05) is 29.8 Å². The number of ketones is 1. The fraction of sp³-hybridized carbons (Fsp3) is 0.250. The molecule has 0 atom stereocenters. The number of hydrogen-bond acceptors (Lipinski definition) is 3. The molecule has 1 amide bonds. The van der Waals surface area contributed by atoms with Crippen LogP contribution in [0.4, 0.5) is 0 Å². The highest BCUT2D eigenvalue weighted by atomic mass is 32.1. The first kappa shape index (κ1) is 14.5. The van der Waals surface area contributed by atoms with Gasteiger partial charge in [-0.2, -0.15) is 0 Å². The molecule has 2 rings (SSSR count). The van der Waals surface area contributed by atoms with Crippen LogP contribution in [0.5, 0.6) is 0 Å². The zero-order chi connectivity index (χ0) is 14.7. The number of nitrogens with zero attached hydrogens (tertiary/aromatic N) is 1. The fourth-order valence-electron chi connectivity index (χ4n) is 1.86. The normalized spacial score (nSPS) is 10.3. The summed E-state index contributed by atoms with van der Waals surface area (Å²) in [6.07, 6.45) is 0. The van der Waals surface area contributed by atoms with E-state index in [1.54, 1.807) is 30.5 Å². The molecule has 0 saturated heterocycles. The van der Waals surface area contributed by atoms with Gasteiger partial charge >= 0.3 is 0 Å². The van der Waals surface area contributed by atoms with Crippen LogP contribution < -0.4 is 0 Å². The van der Waals surface area contributed by atoms with Crippen molar-refractivity contribution in [2.24, 2.45) is 0 Å². The number of likely N-dealkylation sites (N-methyl/N-ethyl adjacent to an activating group) is 1. The molecule has 0 aliphatic carbocycles. The molecule has 0 aliphatic heterocycles. The predicted molar refractivity (Wildman–Crippen MR) is 81.0 cm³/mol. The molecule has 104 valence electrons. The standard InChI is InChI=1S/C16H17NO2S/c1-11-4-6-13(7-5-11)15(18)16(19)17(3)10-14-12(2)8-9-20-14/h4-9H,10H2,1-3H3. The van der Waals surface area contributed by atoms with Crippen LogP contribution in [-0.2, 0) is 11.3 Å². The third kappa shape index (κ3) is 3.14. The van der Waals surface area contributed by atoms with Crippen molar-refractivity contribution in [2.45, 2.75) is 20.4 Å². The molecule has 0 N–H and O–H groups in total. The Morgan fingerprint density at radius 2 is 1.75 bits per heavy atom. The Kier molecular flexibility index (Phi) is 4.35. The fourth-order valence-corrected chi connectivity index (χ4v) is 2.81. The Morgan fingerprint density at radius 3 is 2.30 bits per heavy atom. The zero-order valence-corrected chi connectivity index (χ0v) is 12.7. The third-order valence-electron chi connectivity index (χ3n) is 3.20. The van der Waals surface area contributed by atoms with E-state index in [4.69, 9.17) is 0 Å². The summed E-state index contributed by atoms with van der Waals surface area (Å²) in [6.45, 7) is 4.42. The van der Waals surface area contributed by atoms with Crippen LogP contribution >= 0.6 is 11.3 Å². The van der Waals surface area contributed by atoms with Crippen molar-refractivity contribution in [1.82, 2.24) is 4.90 Å². The lowest BCUT2D eigenvalue weighted by Crippen LogP contribution is -2.32. The number of amides is 1. The van der Waals surface area contributed by atoms with Crippen molar-refractivity contribution in [2.75, 3.05) is 7.05 Å². The summed E-state index contributed by atoms with van der Waals surface area (Å²) in [6, 6.07) is 9.08. The first-order valence-corrected chi connectivity index (χ1v) is 7.26. The van der Waals surface area contributed by atoms with E-state index in [0.29, 0.717) is 12.1 Å². The first-order valence-electron chi connectivity index (χ1n) is 6.38. The summed E-state index contributed by atoms with van der Waals surface area (Å²) in [5.41, 5.74) is 2.66. The van der Waals surface area contributed by atoms with Crippen molar-refractivity contribution in [3.8, 4) is 0 Å². The second-order valence-corrected chi connectivity index (χ2v) is 5.88. The van der Waals surface area contributed by atoms with Gasteiger partial charge in [-0.15, -0.1) is 11.3 Å². The van der Waals surface area contributed by atoms with E-state index in [-0.39, 0.29) is 0 Å². The van der Waals surface area contributed by atoms with Gasteiger partial charge in [0.15, 0.2) is 0 Å². The molecular formula is C16H17NO2S. The third-order valence-corrected chi connectivity index (χ3v) is 4.21. The number of rotatable bonds is 4. The maximum atomic E-state index is 12.1. The lowest BCUT2D eigenvalue weighted by molar-refractivity contribution is -0.125. The maximum absolute atomic E-state index is 12.1. The highest BCUT2D eigenvalue weighted by Gasteiger charge is 2.21. The van der Waals surface area contributed by atoms with Gasteiger partial charge in [0.1, 0.15) is 0 Å². The number of aryl methyl sites for hydroxylation is 2. The highest BCUT2D eigenvalue weighted by Crippen LogP contribution is 2.17. The minimum atomic E-state index is -0.471. The van der Waals surface area contributed by atoms with Gasteiger partial charge in [-0.25, -0.2) is 0 Å². The molecule has 3 nitrogen and oxygen atoms in total. The van der Waals surface area contributed by atoms with Gasteiger partial charge in [-0.3, -0.25) is 9.59 Å². The molecule has 1 aromatic carbocycles. The summed E-state index contributed by atoms with van der Waals surface area (Å²) in [4.78, 5) is 26.9. The van der Waals surface area contributed by atoms with E-state index in [2.05, 4.69) is 0 Å². The molecule has 2 aromatic rings. The number of hydrogen-bond donors (Lipinski definition) is 0. The molecule has 0 saturated carbocycles. The van der Waals surface area contributed by atoms with Gasteiger partial charge in [-0.05, 0) is 30.9 Å². The van der Waals surface area contributed by atoms with Gasteiger partial charge in [0.2, 0.25) is 5.78 Å². The molecule has 4 heteroatoms. The average molecular weight is 287 g/mol. The topological polar surface area (TPSA) is 37.4 Å². The number of thiophene rings is 1. The van der Waals surface area contributed by atoms with Crippen molar-refractivity contribution in [3.63, 3.8) is 0 Å². The number of benzene rings is 1. The number of Topliss-reactive ketones (excluding diaryl/α,β-unsaturated/α-hetero) is 1. The van der Waals surface area contributed by atoms with Crippen LogP contribution in [0.15, 0.2) is 35.7 Å². The molecule has 0 spiro atoms. The average Bonchev–Trinajstić information content (AvgIpc) is 2.83. The zero-order valence-electron chi connectivity index (χ0n) is 11.8. The second-order valence-electron chi connectivity index (χ2n) is 4.88. The smallest absolute Gasteiger partial charge is 0.295 e. The molecule has 1 heterocycles. The van der Waals surface area contributed by atoms with E-state index in [1.807, 2.05) is 37.4 Å². The molecule has 0 unspecified atom stereocenters. The van der Waals surface area contributed by atoms with E-state index >= 15 is 0 Å². The van der Waals surface area contributed by atoms with Crippen LogP contribution in [0.3, 0.4) is 0 Å². The quantitative estimate of drug-likeness (QED) is 0.639. The Hall–Kier alpha value is -1.94. The van der Waals surface area contributed by atoms with Crippen LogP contribution in [0.1, 0.15) is 26.4 Å². The number of carbonyl (C=O) groups is 2. The van der Waals surface area contributed by atoms with Crippen LogP contribution in [0.2, 0.25) is 0 Å². The molecule has 1 aromatic heterocycles. The van der Waals surface area contributed by atoms with Gasteiger partial charge < -0.3 is 4.90 Å². The van der Waals surface area contributed by atoms with Crippen molar-refractivity contribution >= 4 is 23.0 Å². The molecule has 0 aliphatic rings. The van der Waals surface area contributed by atoms with E-state index in [0.717, 1.165) is 16.0 Å². The van der Waals surface area contributed by atoms with Crippen LogP contribution in [-0.4, -0.2) is 23.6 Å². The van der Waals surface area contributed by atoms with Gasteiger partial charge in [0.25, 0.3) is 5.91 Å². The Morgan fingerprint density at radius 1 is 1.10 bits per heavy atom. The summed E-state index contributed by atoms with van der Waals surface area (Å²) >= 11 is 1.60. The van der Waals surface area contributed by atoms with E-state index < -0.39 is 11.7 Å². The molecule has 0 bridgehead atoms. The van der Waals surface area contributed by atoms with E-state index in [1.165, 1.54) is 4.90 Å². The van der Waals surface area contributed by atoms with Gasteiger partial charge in [0, 0.05) is 17.5 Å². The minimum Gasteiger partial charge on any atom is -0.334 e. The Bertz CT molecular complexity index is 628. The monoisotopic (exact) mass is 287 g/mol. The molecular weight excluding hydrogens is 270 g/mol. The highest BCUT2D eigenvalue weighted by molar-refractivity contribution is 7.10. The lowest BCUT2D eigenvalue weighted by atomic mass is 10.1. The van der Waals surface area contributed by atoms with Crippen molar-refractivity contribution < 1.29 is 9.59 Å². The number of carbonyl (C=O) groups excluding carboxylic acids is 2. The van der Waals surface area contributed by atoms with Crippen LogP contribution in [0, 0.1) is 13.8 Å². The lowest BCUT2D eigenvalue weighted by Gasteiger charge is -2.16. The van der Waals surface area contributed by atoms with Crippen molar-refractivity contribution in [1.29, 1.82) is 0 Å². The molecule has 0 fully saturated rings. The maximum Gasteiger partial charge on any atom is 0.295 e. The Balaban J connectivity index is 2.08. The molecule has 0 radical (unpaired) electrons.